The van der Waals surface area contributed by atoms with E-state index in [-0.39, 0.29) is 5.91 Å². The number of amides is 1. The number of hydrogen-bond donors (Lipinski definition) is 3. The second-order valence-electron chi connectivity index (χ2n) is 6.35. The van der Waals surface area contributed by atoms with Crippen LogP contribution < -0.4 is 16.0 Å². The summed E-state index contributed by atoms with van der Waals surface area (Å²) in [6, 6.07) is 17.3. The van der Waals surface area contributed by atoms with Gasteiger partial charge in [0.15, 0.2) is 5.96 Å². The first-order chi connectivity index (χ1) is 14.2. The van der Waals surface area contributed by atoms with Crippen molar-refractivity contribution in [3.63, 3.8) is 0 Å². The first-order valence-electron chi connectivity index (χ1n) is 9.51. The molecule has 0 atom stereocenters. The van der Waals surface area contributed by atoms with Crippen molar-refractivity contribution in [2.45, 2.75) is 20.0 Å². The minimum Gasteiger partial charge on any atom is -0.444 e. The SMILES string of the molecule is CCNC(=O)c1ccc(CNC(=NC)NCc2coc(-c3ccccc3)n2)cc1. The zero-order valence-electron chi connectivity index (χ0n) is 16.6. The van der Waals surface area contributed by atoms with E-state index in [2.05, 4.69) is 25.9 Å². The maximum atomic E-state index is 11.8. The molecule has 0 radical (unpaired) electrons. The number of oxazole rings is 1. The molecule has 0 saturated carbocycles. The van der Waals surface area contributed by atoms with E-state index in [1.807, 2.05) is 61.5 Å². The van der Waals surface area contributed by atoms with Gasteiger partial charge in [-0.1, -0.05) is 30.3 Å². The number of nitrogens with zero attached hydrogens (tertiary/aromatic N) is 2. The number of aromatic nitrogens is 1. The molecule has 0 unspecified atom stereocenters. The molecule has 7 heteroatoms. The molecule has 150 valence electrons. The Morgan fingerprint density at radius 3 is 2.41 bits per heavy atom. The van der Waals surface area contributed by atoms with Gasteiger partial charge in [-0.05, 0) is 36.8 Å². The Balaban J connectivity index is 1.50. The van der Waals surface area contributed by atoms with Crippen LogP contribution in [0.4, 0.5) is 0 Å². The summed E-state index contributed by atoms with van der Waals surface area (Å²) in [6.07, 6.45) is 1.64. The molecular formula is C22H25N5O2. The van der Waals surface area contributed by atoms with Gasteiger partial charge in [-0.3, -0.25) is 9.79 Å². The fraction of sp³-hybridized carbons (Fsp3) is 0.227. The number of benzene rings is 2. The van der Waals surface area contributed by atoms with Crippen molar-refractivity contribution in [1.82, 2.24) is 20.9 Å². The van der Waals surface area contributed by atoms with E-state index in [1.54, 1.807) is 13.3 Å². The average Bonchev–Trinajstić information content (AvgIpc) is 3.24. The third kappa shape index (κ3) is 5.68. The van der Waals surface area contributed by atoms with Gasteiger partial charge < -0.3 is 20.4 Å². The molecule has 0 aliphatic heterocycles. The van der Waals surface area contributed by atoms with Crippen molar-refractivity contribution >= 4 is 11.9 Å². The van der Waals surface area contributed by atoms with Gasteiger partial charge >= 0.3 is 0 Å². The molecule has 1 aromatic heterocycles. The molecule has 0 saturated heterocycles. The average molecular weight is 391 g/mol. The molecule has 3 aromatic rings. The Bertz CT molecular complexity index is 949. The minimum absolute atomic E-state index is 0.0630. The van der Waals surface area contributed by atoms with E-state index >= 15 is 0 Å². The lowest BCUT2D eigenvalue weighted by molar-refractivity contribution is 0.0956. The van der Waals surface area contributed by atoms with Crippen LogP contribution in [-0.2, 0) is 13.1 Å². The Morgan fingerprint density at radius 2 is 1.72 bits per heavy atom. The molecule has 0 aliphatic rings. The number of hydrogen-bond acceptors (Lipinski definition) is 4. The predicted molar refractivity (Wildman–Crippen MR) is 113 cm³/mol. The fourth-order valence-electron chi connectivity index (χ4n) is 2.72. The van der Waals surface area contributed by atoms with Crippen LogP contribution in [0.2, 0.25) is 0 Å². The van der Waals surface area contributed by atoms with Gasteiger partial charge in [0.1, 0.15) is 6.26 Å². The highest BCUT2D eigenvalue weighted by molar-refractivity contribution is 5.94. The molecule has 0 spiro atoms. The standard InChI is InChI=1S/C22H25N5O2/c1-3-24-20(28)17-11-9-16(10-12-17)13-25-22(23-2)26-14-19-15-29-21(27-19)18-7-5-4-6-8-18/h4-12,15H,3,13-14H2,1-2H3,(H,24,28)(H2,23,25,26). The van der Waals surface area contributed by atoms with E-state index in [4.69, 9.17) is 4.42 Å². The second-order valence-corrected chi connectivity index (χ2v) is 6.35. The van der Waals surface area contributed by atoms with Crippen molar-refractivity contribution in [3.05, 3.63) is 77.7 Å². The quantitative estimate of drug-likeness (QED) is 0.425. The highest BCUT2D eigenvalue weighted by Gasteiger charge is 2.07. The van der Waals surface area contributed by atoms with Crippen molar-refractivity contribution in [1.29, 1.82) is 0 Å². The molecule has 1 amide bonds. The normalized spacial score (nSPS) is 11.2. The summed E-state index contributed by atoms with van der Waals surface area (Å²) in [5.74, 6) is 1.19. The molecule has 29 heavy (non-hydrogen) atoms. The van der Waals surface area contributed by atoms with Crippen molar-refractivity contribution in [2.75, 3.05) is 13.6 Å². The van der Waals surface area contributed by atoms with Crippen LogP contribution >= 0.6 is 0 Å². The zero-order chi connectivity index (χ0) is 20.5. The maximum absolute atomic E-state index is 11.8. The second kappa shape index (κ2) is 10.1. The van der Waals surface area contributed by atoms with Crippen LogP contribution in [-0.4, -0.2) is 30.4 Å². The third-order valence-corrected chi connectivity index (χ3v) is 4.25. The Hall–Kier alpha value is -3.61. The first-order valence-corrected chi connectivity index (χ1v) is 9.51. The Labute approximate surface area is 170 Å². The van der Waals surface area contributed by atoms with Crippen LogP contribution in [0.3, 0.4) is 0 Å². The number of carbonyl (C=O) groups is 1. The van der Waals surface area contributed by atoms with Crippen LogP contribution in [0.5, 0.6) is 0 Å². The summed E-state index contributed by atoms with van der Waals surface area (Å²) < 4.78 is 5.55. The van der Waals surface area contributed by atoms with Crippen LogP contribution in [0.1, 0.15) is 28.5 Å². The molecule has 3 rings (SSSR count). The number of carbonyl (C=O) groups excluding carboxylic acids is 1. The zero-order valence-corrected chi connectivity index (χ0v) is 16.6. The molecule has 0 fully saturated rings. The first kappa shape index (κ1) is 20.1. The lowest BCUT2D eigenvalue weighted by Gasteiger charge is -2.11. The monoisotopic (exact) mass is 391 g/mol. The van der Waals surface area contributed by atoms with Crippen molar-refractivity contribution in [3.8, 4) is 11.5 Å². The summed E-state index contributed by atoms with van der Waals surface area (Å²) in [5, 5.41) is 9.26. The molecule has 2 aromatic carbocycles. The van der Waals surface area contributed by atoms with E-state index in [0.717, 1.165) is 16.8 Å². The Kier molecular flexibility index (Phi) is 7.00. The van der Waals surface area contributed by atoms with Crippen LogP contribution in [0, 0.1) is 0 Å². The summed E-state index contributed by atoms with van der Waals surface area (Å²) >= 11 is 0. The maximum Gasteiger partial charge on any atom is 0.251 e. The smallest absolute Gasteiger partial charge is 0.251 e. The van der Waals surface area contributed by atoms with Gasteiger partial charge in [-0.15, -0.1) is 0 Å². The molecule has 0 bridgehead atoms. The van der Waals surface area contributed by atoms with Crippen molar-refractivity contribution < 1.29 is 9.21 Å². The number of rotatable bonds is 7. The largest absolute Gasteiger partial charge is 0.444 e. The Morgan fingerprint density at radius 1 is 1.00 bits per heavy atom. The fourth-order valence-corrected chi connectivity index (χ4v) is 2.72. The summed E-state index contributed by atoms with van der Waals surface area (Å²) in [5.41, 5.74) is 3.43. The van der Waals surface area contributed by atoms with Gasteiger partial charge in [-0.2, -0.15) is 0 Å². The third-order valence-electron chi connectivity index (χ3n) is 4.25. The summed E-state index contributed by atoms with van der Waals surface area (Å²) in [4.78, 5) is 20.5. The molecule has 7 nitrogen and oxygen atoms in total. The van der Waals surface area contributed by atoms with E-state index < -0.39 is 0 Å². The highest BCUT2D eigenvalue weighted by atomic mass is 16.3. The summed E-state index contributed by atoms with van der Waals surface area (Å²) in [6.45, 7) is 3.59. The van der Waals surface area contributed by atoms with Gasteiger partial charge in [0.2, 0.25) is 5.89 Å². The molecular weight excluding hydrogens is 366 g/mol. The van der Waals surface area contributed by atoms with E-state index in [9.17, 15) is 4.79 Å². The number of guanidine groups is 1. The summed E-state index contributed by atoms with van der Waals surface area (Å²) in [7, 11) is 1.71. The number of aliphatic imine (C=N–C) groups is 1. The molecule has 3 N–H and O–H groups in total. The number of nitrogens with one attached hydrogen (secondary N) is 3. The minimum atomic E-state index is -0.0630. The molecule has 1 heterocycles. The van der Waals surface area contributed by atoms with Crippen LogP contribution in [0.25, 0.3) is 11.5 Å². The van der Waals surface area contributed by atoms with Gasteiger partial charge in [0, 0.05) is 31.3 Å². The molecule has 0 aliphatic carbocycles. The lowest BCUT2D eigenvalue weighted by Crippen LogP contribution is -2.36. The topological polar surface area (TPSA) is 91.5 Å². The van der Waals surface area contributed by atoms with E-state index in [1.165, 1.54) is 0 Å². The highest BCUT2D eigenvalue weighted by Crippen LogP contribution is 2.17. The van der Waals surface area contributed by atoms with Gasteiger partial charge in [0.25, 0.3) is 5.91 Å². The lowest BCUT2D eigenvalue weighted by atomic mass is 10.1. The van der Waals surface area contributed by atoms with E-state index in [0.29, 0.717) is 37.0 Å². The van der Waals surface area contributed by atoms with Gasteiger partial charge in [0.05, 0.1) is 12.2 Å². The van der Waals surface area contributed by atoms with Crippen molar-refractivity contribution in [2.24, 2.45) is 4.99 Å². The van der Waals surface area contributed by atoms with Crippen LogP contribution in [0.15, 0.2) is 70.3 Å². The predicted octanol–water partition coefficient (Wildman–Crippen LogP) is 2.96. The van der Waals surface area contributed by atoms with Gasteiger partial charge in [-0.25, -0.2) is 4.98 Å².